The lowest BCUT2D eigenvalue weighted by atomic mass is 10.3. The van der Waals surface area contributed by atoms with Crippen molar-refractivity contribution < 1.29 is 14.3 Å². The number of nitrogens with zero attached hydrogens (tertiary/aromatic N) is 1. The molecule has 0 radical (unpaired) electrons. The Hall–Kier alpha value is -0.610. The quantitative estimate of drug-likeness (QED) is 0.570. The lowest BCUT2D eigenvalue weighted by Crippen LogP contribution is -2.24. The van der Waals surface area contributed by atoms with E-state index in [4.69, 9.17) is 9.47 Å². The SMILES string of the molecule is COC(CCC(=O)N(C)C)OC. The second-order valence-electron chi connectivity index (χ2n) is 2.73. The first-order valence-electron chi connectivity index (χ1n) is 3.87. The van der Waals surface area contributed by atoms with Crippen molar-refractivity contribution in [2.75, 3.05) is 28.3 Å². The predicted molar refractivity (Wildman–Crippen MR) is 45.7 cm³/mol. The Balaban J connectivity index is 3.59. The van der Waals surface area contributed by atoms with Crippen molar-refractivity contribution in [1.82, 2.24) is 4.90 Å². The summed E-state index contributed by atoms with van der Waals surface area (Å²) in [6, 6.07) is 0. The molecule has 72 valence electrons. The van der Waals surface area contributed by atoms with Gasteiger partial charge in [0, 0.05) is 41.2 Å². The molecule has 0 aromatic heterocycles. The number of amides is 1. The van der Waals surface area contributed by atoms with Crippen LogP contribution in [0.25, 0.3) is 0 Å². The predicted octanol–water partition coefficient (Wildman–Crippen LogP) is 0.474. The average molecular weight is 175 g/mol. The van der Waals surface area contributed by atoms with Crippen molar-refractivity contribution in [3.05, 3.63) is 0 Å². The third-order valence-corrected chi connectivity index (χ3v) is 1.62. The molecule has 0 unspecified atom stereocenters. The summed E-state index contributed by atoms with van der Waals surface area (Å²) in [6.45, 7) is 0. The minimum atomic E-state index is -0.270. The van der Waals surface area contributed by atoms with Crippen LogP contribution in [0.4, 0.5) is 0 Å². The number of rotatable bonds is 5. The first-order chi connectivity index (χ1) is 5.61. The number of hydrogen-bond donors (Lipinski definition) is 0. The highest BCUT2D eigenvalue weighted by Crippen LogP contribution is 2.02. The van der Waals surface area contributed by atoms with Gasteiger partial charge in [-0.05, 0) is 0 Å². The number of methoxy groups -OCH3 is 2. The molecule has 0 aromatic carbocycles. The zero-order chi connectivity index (χ0) is 9.56. The maximum Gasteiger partial charge on any atom is 0.222 e. The molecule has 12 heavy (non-hydrogen) atoms. The summed E-state index contributed by atoms with van der Waals surface area (Å²) in [5.41, 5.74) is 0. The van der Waals surface area contributed by atoms with E-state index in [0.717, 1.165) is 0 Å². The first-order valence-corrected chi connectivity index (χ1v) is 3.87. The van der Waals surface area contributed by atoms with E-state index in [1.165, 1.54) is 0 Å². The summed E-state index contributed by atoms with van der Waals surface area (Å²) in [5.74, 6) is 0.0918. The summed E-state index contributed by atoms with van der Waals surface area (Å²) < 4.78 is 9.87. The van der Waals surface area contributed by atoms with Crippen LogP contribution in [0.1, 0.15) is 12.8 Å². The Morgan fingerprint density at radius 2 is 1.83 bits per heavy atom. The molecule has 0 aliphatic rings. The fourth-order valence-electron chi connectivity index (χ4n) is 0.797. The molecule has 0 rings (SSSR count). The van der Waals surface area contributed by atoms with Gasteiger partial charge in [-0.25, -0.2) is 0 Å². The van der Waals surface area contributed by atoms with Gasteiger partial charge < -0.3 is 14.4 Å². The molecule has 0 bridgehead atoms. The van der Waals surface area contributed by atoms with Crippen LogP contribution >= 0.6 is 0 Å². The lowest BCUT2D eigenvalue weighted by molar-refractivity contribution is -0.135. The fraction of sp³-hybridized carbons (Fsp3) is 0.875. The van der Waals surface area contributed by atoms with Crippen molar-refractivity contribution in [3.63, 3.8) is 0 Å². The molecule has 1 amide bonds. The van der Waals surface area contributed by atoms with Gasteiger partial charge in [0.1, 0.15) is 0 Å². The van der Waals surface area contributed by atoms with Crippen LogP contribution in [0.15, 0.2) is 0 Å². The molecule has 0 spiro atoms. The van der Waals surface area contributed by atoms with Gasteiger partial charge in [0.25, 0.3) is 0 Å². The maximum atomic E-state index is 11.1. The molecular formula is C8H17NO3. The first kappa shape index (κ1) is 11.4. The van der Waals surface area contributed by atoms with Gasteiger partial charge in [0.05, 0.1) is 0 Å². The summed E-state index contributed by atoms with van der Waals surface area (Å²) in [4.78, 5) is 12.7. The zero-order valence-corrected chi connectivity index (χ0v) is 8.16. The summed E-state index contributed by atoms with van der Waals surface area (Å²) in [7, 11) is 6.59. The lowest BCUT2D eigenvalue weighted by Gasteiger charge is -2.14. The van der Waals surface area contributed by atoms with Crippen LogP contribution in [-0.4, -0.2) is 45.4 Å². The molecule has 0 aromatic rings. The number of hydrogen-bond acceptors (Lipinski definition) is 3. The third-order valence-electron chi connectivity index (χ3n) is 1.62. The van der Waals surface area contributed by atoms with Gasteiger partial charge in [-0.3, -0.25) is 4.79 Å². The second-order valence-corrected chi connectivity index (χ2v) is 2.73. The average Bonchev–Trinajstić information content (AvgIpc) is 2.05. The van der Waals surface area contributed by atoms with Crippen LogP contribution in [0.2, 0.25) is 0 Å². The Morgan fingerprint density at radius 1 is 1.33 bits per heavy atom. The Bertz CT molecular complexity index is 132. The summed E-state index contributed by atoms with van der Waals surface area (Å²) in [6.07, 6.45) is 0.789. The third kappa shape index (κ3) is 4.31. The normalized spacial score (nSPS) is 10.4. The fourth-order valence-corrected chi connectivity index (χ4v) is 0.797. The van der Waals surface area contributed by atoms with Gasteiger partial charge in [-0.2, -0.15) is 0 Å². The molecule has 0 aliphatic heterocycles. The van der Waals surface area contributed by atoms with Crippen LogP contribution < -0.4 is 0 Å². The van der Waals surface area contributed by atoms with Gasteiger partial charge in [0.15, 0.2) is 6.29 Å². The highest BCUT2D eigenvalue weighted by molar-refractivity contribution is 5.75. The van der Waals surface area contributed by atoms with E-state index < -0.39 is 0 Å². The highest BCUT2D eigenvalue weighted by Gasteiger charge is 2.09. The van der Waals surface area contributed by atoms with Crippen molar-refractivity contribution in [1.29, 1.82) is 0 Å². The van der Waals surface area contributed by atoms with E-state index in [2.05, 4.69) is 0 Å². The molecule has 0 heterocycles. The van der Waals surface area contributed by atoms with Crippen LogP contribution in [-0.2, 0) is 14.3 Å². The Labute approximate surface area is 73.4 Å². The van der Waals surface area contributed by atoms with Crippen molar-refractivity contribution >= 4 is 5.91 Å². The second kappa shape index (κ2) is 5.97. The van der Waals surface area contributed by atoms with Gasteiger partial charge in [0.2, 0.25) is 5.91 Å². The van der Waals surface area contributed by atoms with Crippen LogP contribution in [0, 0.1) is 0 Å². The largest absolute Gasteiger partial charge is 0.356 e. The molecule has 0 saturated heterocycles. The maximum absolute atomic E-state index is 11.1. The Kier molecular flexibility index (Phi) is 5.66. The van der Waals surface area contributed by atoms with E-state index in [9.17, 15) is 4.79 Å². The standard InChI is InChI=1S/C8H17NO3/c1-9(2)7(10)5-6-8(11-3)12-4/h8H,5-6H2,1-4H3. The monoisotopic (exact) mass is 175 g/mol. The van der Waals surface area contributed by atoms with Crippen molar-refractivity contribution in [2.24, 2.45) is 0 Å². The van der Waals surface area contributed by atoms with E-state index in [1.54, 1.807) is 33.2 Å². The van der Waals surface area contributed by atoms with Crippen LogP contribution in [0.5, 0.6) is 0 Å². The highest BCUT2D eigenvalue weighted by atomic mass is 16.7. The summed E-state index contributed by atoms with van der Waals surface area (Å²) >= 11 is 0. The molecule has 0 aliphatic carbocycles. The molecule has 4 heteroatoms. The number of ether oxygens (including phenoxy) is 2. The van der Waals surface area contributed by atoms with E-state index in [-0.39, 0.29) is 12.2 Å². The minimum Gasteiger partial charge on any atom is -0.356 e. The number of carbonyl (C=O) groups is 1. The van der Waals surface area contributed by atoms with Crippen LogP contribution in [0.3, 0.4) is 0 Å². The molecule has 0 fully saturated rings. The zero-order valence-electron chi connectivity index (χ0n) is 8.16. The van der Waals surface area contributed by atoms with E-state index in [0.29, 0.717) is 12.8 Å². The molecule has 0 saturated carbocycles. The minimum absolute atomic E-state index is 0.0918. The van der Waals surface area contributed by atoms with Gasteiger partial charge in [-0.1, -0.05) is 0 Å². The Morgan fingerprint density at radius 3 is 2.17 bits per heavy atom. The smallest absolute Gasteiger partial charge is 0.222 e. The van der Waals surface area contributed by atoms with Crippen molar-refractivity contribution in [2.45, 2.75) is 19.1 Å². The molecular weight excluding hydrogens is 158 g/mol. The number of carbonyl (C=O) groups excluding carboxylic acids is 1. The molecule has 0 atom stereocenters. The van der Waals surface area contributed by atoms with Gasteiger partial charge in [-0.15, -0.1) is 0 Å². The van der Waals surface area contributed by atoms with E-state index in [1.807, 2.05) is 0 Å². The molecule has 4 nitrogen and oxygen atoms in total. The topological polar surface area (TPSA) is 38.8 Å². The summed E-state index contributed by atoms with van der Waals surface area (Å²) in [5, 5.41) is 0. The van der Waals surface area contributed by atoms with E-state index >= 15 is 0 Å². The van der Waals surface area contributed by atoms with Crippen molar-refractivity contribution in [3.8, 4) is 0 Å². The molecule has 0 N–H and O–H groups in total. The van der Waals surface area contributed by atoms with Gasteiger partial charge >= 0.3 is 0 Å².